The van der Waals surface area contributed by atoms with E-state index in [0.717, 1.165) is 44.9 Å². The van der Waals surface area contributed by atoms with E-state index in [1.54, 1.807) is 0 Å². The summed E-state index contributed by atoms with van der Waals surface area (Å²) in [5, 5.41) is 18.3. The second-order valence-electron chi connectivity index (χ2n) is 13.3. The summed E-state index contributed by atoms with van der Waals surface area (Å²) in [5.41, 5.74) is 0. The lowest BCUT2D eigenvalue weighted by atomic mass is 10.1. The zero-order chi connectivity index (χ0) is 36.3. The fraction of sp³-hybridized carbons (Fsp3) is 0.895. The van der Waals surface area contributed by atoms with Crippen LogP contribution in [0, 0.1) is 0 Å². The van der Waals surface area contributed by atoms with Crippen LogP contribution in [0.15, 0.2) is 12.2 Å². The number of hydrogen-bond acceptors (Lipinski definition) is 9. The molecule has 0 spiro atoms. The molecule has 290 valence electrons. The first-order valence-electron chi connectivity index (χ1n) is 19.6. The number of unbranched alkanes of at least 4 members (excludes halogenated alkanes) is 21. The second-order valence-corrected chi connectivity index (χ2v) is 14.8. The van der Waals surface area contributed by atoms with Gasteiger partial charge < -0.3 is 24.6 Å². The quantitative estimate of drug-likeness (QED) is 0.0245. The Hall–Kier alpha value is -1.29. The van der Waals surface area contributed by atoms with Gasteiger partial charge in [-0.25, -0.2) is 4.57 Å². The van der Waals surface area contributed by atoms with Gasteiger partial charge in [0, 0.05) is 12.8 Å². The van der Waals surface area contributed by atoms with Crippen LogP contribution in [0.1, 0.15) is 181 Å². The highest BCUT2D eigenvalue weighted by Crippen LogP contribution is 2.43. The van der Waals surface area contributed by atoms with Crippen LogP contribution in [-0.4, -0.2) is 65.7 Å². The van der Waals surface area contributed by atoms with Crippen molar-refractivity contribution in [2.75, 3.05) is 26.4 Å². The normalized spacial score (nSPS) is 14.1. The topological polar surface area (TPSA) is 149 Å². The van der Waals surface area contributed by atoms with Gasteiger partial charge in [-0.15, -0.1) is 0 Å². The lowest BCUT2D eigenvalue weighted by Gasteiger charge is -2.20. The lowest BCUT2D eigenvalue weighted by molar-refractivity contribution is -0.161. The molecular formula is C38H73O10P. The number of aliphatic hydroxyl groups excluding tert-OH is 2. The number of rotatable bonds is 37. The molecule has 0 bridgehead atoms. The van der Waals surface area contributed by atoms with E-state index in [9.17, 15) is 24.2 Å². The summed E-state index contributed by atoms with van der Waals surface area (Å²) >= 11 is 0. The molecule has 0 aromatic heterocycles. The van der Waals surface area contributed by atoms with E-state index >= 15 is 0 Å². The predicted octanol–water partition coefficient (Wildman–Crippen LogP) is 9.67. The monoisotopic (exact) mass is 720 g/mol. The van der Waals surface area contributed by atoms with E-state index in [1.165, 1.54) is 96.3 Å². The summed E-state index contributed by atoms with van der Waals surface area (Å²) in [6.07, 6.45) is 30.3. The molecule has 0 saturated heterocycles. The highest BCUT2D eigenvalue weighted by molar-refractivity contribution is 7.47. The number of carbonyl (C=O) groups excluding carboxylic acids is 2. The second kappa shape index (κ2) is 35.1. The van der Waals surface area contributed by atoms with Crippen LogP contribution >= 0.6 is 7.82 Å². The van der Waals surface area contributed by atoms with Crippen LogP contribution < -0.4 is 0 Å². The predicted molar refractivity (Wildman–Crippen MR) is 196 cm³/mol. The molecule has 0 fully saturated rings. The van der Waals surface area contributed by atoms with Gasteiger partial charge in [0.25, 0.3) is 0 Å². The number of carbonyl (C=O) groups is 2. The first-order chi connectivity index (χ1) is 23.7. The number of aliphatic hydroxyl groups is 2. The molecule has 0 aliphatic rings. The SMILES string of the molecule is CCCCCC/C=C/CCCCCCCCCC(=O)O[C@H](COC(=O)CCCCCCCCCCCCC)COP(=O)(O)OC[C@@H](O)CO. The van der Waals surface area contributed by atoms with Crippen molar-refractivity contribution in [2.45, 2.75) is 193 Å². The molecule has 3 atom stereocenters. The zero-order valence-electron chi connectivity index (χ0n) is 31.2. The van der Waals surface area contributed by atoms with Crippen LogP contribution in [-0.2, 0) is 32.7 Å². The van der Waals surface area contributed by atoms with Gasteiger partial charge in [-0.2, -0.15) is 0 Å². The molecule has 0 aliphatic heterocycles. The number of esters is 2. The molecular weight excluding hydrogens is 647 g/mol. The van der Waals surface area contributed by atoms with Crippen LogP contribution in [0.2, 0.25) is 0 Å². The van der Waals surface area contributed by atoms with Crippen molar-refractivity contribution in [1.82, 2.24) is 0 Å². The molecule has 0 radical (unpaired) electrons. The molecule has 0 aromatic carbocycles. The Kier molecular flexibility index (Phi) is 34.2. The third-order valence-corrected chi connectivity index (χ3v) is 9.37. The summed E-state index contributed by atoms with van der Waals surface area (Å²) in [5.74, 6) is -0.925. The van der Waals surface area contributed by atoms with Crippen molar-refractivity contribution in [3.8, 4) is 0 Å². The third kappa shape index (κ3) is 34.9. The third-order valence-electron chi connectivity index (χ3n) is 8.42. The summed E-state index contributed by atoms with van der Waals surface area (Å²) in [7, 11) is -4.61. The Morgan fingerprint density at radius 2 is 1.00 bits per heavy atom. The summed E-state index contributed by atoms with van der Waals surface area (Å²) in [6.45, 7) is 2.35. The Morgan fingerprint density at radius 1 is 0.592 bits per heavy atom. The van der Waals surface area contributed by atoms with E-state index in [1.807, 2.05) is 0 Å². The minimum atomic E-state index is -4.61. The van der Waals surface area contributed by atoms with E-state index in [-0.39, 0.29) is 19.4 Å². The van der Waals surface area contributed by atoms with Gasteiger partial charge in [-0.1, -0.05) is 142 Å². The number of hydrogen-bond donors (Lipinski definition) is 3. The zero-order valence-corrected chi connectivity index (χ0v) is 32.1. The van der Waals surface area contributed by atoms with Gasteiger partial charge >= 0.3 is 19.8 Å². The largest absolute Gasteiger partial charge is 0.472 e. The van der Waals surface area contributed by atoms with E-state index in [4.69, 9.17) is 19.1 Å². The van der Waals surface area contributed by atoms with Gasteiger partial charge in [0.05, 0.1) is 19.8 Å². The Morgan fingerprint density at radius 3 is 1.49 bits per heavy atom. The maximum atomic E-state index is 12.5. The molecule has 0 aromatic rings. The van der Waals surface area contributed by atoms with Crippen molar-refractivity contribution in [1.29, 1.82) is 0 Å². The van der Waals surface area contributed by atoms with Crippen LogP contribution in [0.3, 0.4) is 0 Å². The van der Waals surface area contributed by atoms with Crippen molar-refractivity contribution in [3.05, 3.63) is 12.2 Å². The van der Waals surface area contributed by atoms with E-state index in [2.05, 4.69) is 30.5 Å². The van der Waals surface area contributed by atoms with Crippen molar-refractivity contribution >= 4 is 19.8 Å². The number of ether oxygens (including phenoxy) is 2. The molecule has 0 rings (SSSR count). The Labute approximate surface area is 298 Å². The molecule has 0 heterocycles. The minimum absolute atomic E-state index is 0.183. The van der Waals surface area contributed by atoms with Crippen molar-refractivity contribution in [3.63, 3.8) is 0 Å². The average molecular weight is 721 g/mol. The molecule has 3 N–H and O–H groups in total. The minimum Gasteiger partial charge on any atom is -0.462 e. The average Bonchev–Trinajstić information content (AvgIpc) is 3.09. The first-order valence-corrected chi connectivity index (χ1v) is 21.1. The summed E-state index contributed by atoms with van der Waals surface area (Å²) in [6, 6.07) is 0. The Balaban J connectivity index is 4.34. The maximum absolute atomic E-state index is 12.5. The molecule has 10 nitrogen and oxygen atoms in total. The molecule has 11 heteroatoms. The summed E-state index contributed by atoms with van der Waals surface area (Å²) in [4.78, 5) is 34.8. The number of phosphoric ester groups is 1. The molecule has 0 saturated carbocycles. The standard InChI is InChI=1S/C38H73O10P/c1-3-5-7-9-11-13-15-16-17-18-20-22-24-26-28-30-38(42)48-36(34-47-49(43,44)46-32-35(40)31-39)33-45-37(41)29-27-25-23-21-19-14-12-10-8-6-4-2/h13,15,35-36,39-40H,3-12,14,16-34H2,1-2H3,(H,43,44)/b15-13+/t35-,36+/m0/s1. The molecule has 1 unspecified atom stereocenters. The van der Waals surface area contributed by atoms with E-state index in [0.29, 0.717) is 12.8 Å². The van der Waals surface area contributed by atoms with Crippen LogP contribution in [0.5, 0.6) is 0 Å². The Bertz CT molecular complexity index is 837. The molecule has 0 amide bonds. The van der Waals surface area contributed by atoms with Gasteiger partial charge in [0.1, 0.15) is 12.7 Å². The van der Waals surface area contributed by atoms with Gasteiger partial charge in [-0.05, 0) is 38.5 Å². The smallest absolute Gasteiger partial charge is 0.462 e. The maximum Gasteiger partial charge on any atom is 0.472 e. The van der Waals surface area contributed by atoms with Crippen LogP contribution in [0.4, 0.5) is 0 Å². The van der Waals surface area contributed by atoms with Crippen LogP contribution in [0.25, 0.3) is 0 Å². The number of allylic oxidation sites excluding steroid dienone is 2. The van der Waals surface area contributed by atoms with Crippen molar-refractivity contribution in [2.24, 2.45) is 0 Å². The number of phosphoric acid groups is 1. The highest BCUT2D eigenvalue weighted by Gasteiger charge is 2.27. The highest BCUT2D eigenvalue weighted by atomic mass is 31.2. The fourth-order valence-electron chi connectivity index (χ4n) is 5.34. The molecule has 0 aliphatic carbocycles. The molecule has 49 heavy (non-hydrogen) atoms. The fourth-order valence-corrected chi connectivity index (χ4v) is 6.13. The van der Waals surface area contributed by atoms with Gasteiger partial charge in [0.15, 0.2) is 6.10 Å². The van der Waals surface area contributed by atoms with E-state index < -0.39 is 51.8 Å². The first kappa shape index (κ1) is 47.7. The van der Waals surface area contributed by atoms with Crippen molar-refractivity contribution < 1.29 is 47.8 Å². The summed E-state index contributed by atoms with van der Waals surface area (Å²) < 4.78 is 32.6. The van der Waals surface area contributed by atoms with Gasteiger partial charge in [0.2, 0.25) is 0 Å². The van der Waals surface area contributed by atoms with Gasteiger partial charge in [-0.3, -0.25) is 18.6 Å². The lowest BCUT2D eigenvalue weighted by Crippen LogP contribution is -2.29.